The lowest BCUT2D eigenvalue weighted by Crippen LogP contribution is -2.08. The van der Waals surface area contributed by atoms with Crippen LogP contribution in [0.5, 0.6) is 0 Å². The molecule has 4 heteroatoms. The van der Waals surface area contributed by atoms with Crippen LogP contribution in [0.3, 0.4) is 0 Å². The van der Waals surface area contributed by atoms with Crippen molar-refractivity contribution >= 4 is 11.4 Å². The Bertz CT molecular complexity index is 588. The van der Waals surface area contributed by atoms with Gasteiger partial charge in [-0.2, -0.15) is 0 Å². The molecule has 0 radical (unpaired) electrons. The van der Waals surface area contributed by atoms with E-state index in [0.717, 1.165) is 22.6 Å². The third-order valence-corrected chi connectivity index (χ3v) is 3.45. The van der Waals surface area contributed by atoms with Crippen molar-refractivity contribution in [2.75, 3.05) is 0 Å². The van der Waals surface area contributed by atoms with E-state index in [4.69, 9.17) is 10.4 Å². The molecule has 0 saturated heterocycles. The lowest BCUT2D eigenvalue weighted by Gasteiger charge is -2.06. The highest BCUT2D eigenvalue weighted by Gasteiger charge is 2.08. The largest absolute Gasteiger partial charge is 0.411 e. The summed E-state index contributed by atoms with van der Waals surface area (Å²) in [5, 5.41) is 24.0. The Morgan fingerprint density at radius 3 is 1.12 bits per heavy atom. The third kappa shape index (κ3) is 5.88. The van der Waals surface area contributed by atoms with Crippen LogP contribution in [0.1, 0.15) is 38.8 Å². The highest BCUT2D eigenvalue weighted by molar-refractivity contribution is 6.01. The molecule has 128 valence electrons. The first-order valence-corrected chi connectivity index (χ1v) is 8.06. The van der Waals surface area contributed by atoms with Gasteiger partial charge in [0.25, 0.3) is 0 Å². The predicted octanol–water partition coefficient (Wildman–Crippen LogP) is 5.04. The molecule has 0 bridgehead atoms. The van der Waals surface area contributed by atoms with E-state index in [0.29, 0.717) is 0 Å². The molecule has 0 aliphatic heterocycles. The highest BCUT2D eigenvalue weighted by atomic mass is 16.4. The maximum absolute atomic E-state index is 8.74. The molecular formula is C20H26N2O2. The van der Waals surface area contributed by atoms with Gasteiger partial charge in [0.15, 0.2) is 0 Å². The van der Waals surface area contributed by atoms with Crippen LogP contribution in [0.2, 0.25) is 0 Å². The molecule has 2 aromatic carbocycles. The molecule has 0 spiro atoms. The molecule has 2 N–H and O–H groups in total. The van der Waals surface area contributed by atoms with Crippen LogP contribution in [0.25, 0.3) is 0 Å². The van der Waals surface area contributed by atoms with Gasteiger partial charge in [-0.1, -0.05) is 98.7 Å². The summed E-state index contributed by atoms with van der Waals surface area (Å²) < 4.78 is 0. The van der Waals surface area contributed by atoms with E-state index >= 15 is 0 Å². The summed E-state index contributed by atoms with van der Waals surface area (Å²) >= 11 is 0. The first-order valence-electron chi connectivity index (χ1n) is 8.06. The molecule has 0 amide bonds. The van der Waals surface area contributed by atoms with Crippen LogP contribution in [-0.4, -0.2) is 21.8 Å². The summed E-state index contributed by atoms with van der Waals surface area (Å²) in [4.78, 5) is 0. The van der Waals surface area contributed by atoms with E-state index in [1.165, 1.54) is 0 Å². The Morgan fingerprint density at radius 1 is 0.625 bits per heavy atom. The SMILES string of the molecule is CC(C)/C(=N/O)c1ccccc1.CC(C)/C(=N/O)c1ccccc1. The van der Waals surface area contributed by atoms with Crippen molar-refractivity contribution in [2.24, 2.45) is 22.1 Å². The van der Waals surface area contributed by atoms with E-state index in [1.54, 1.807) is 0 Å². The summed E-state index contributed by atoms with van der Waals surface area (Å²) in [5.41, 5.74) is 3.43. The van der Waals surface area contributed by atoms with Crippen molar-refractivity contribution in [3.8, 4) is 0 Å². The molecule has 0 unspecified atom stereocenters. The number of nitrogens with zero attached hydrogens (tertiary/aromatic N) is 2. The van der Waals surface area contributed by atoms with Crippen molar-refractivity contribution in [3.63, 3.8) is 0 Å². The van der Waals surface area contributed by atoms with E-state index in [2.05, 4.69) is 10.3 Å². The molecule has 4 nitrogen and oxygen atoms in total. The number of rotatable bonds is 4. The van der Waals surface area contributed by atoms with Gasteiger partial charge in [-0.25, -0.2) is 0 Å². The van der Waals surface area contributed by atoms with Crippen LogP contribution in [0, 0.1) is 11.8 Å². The molecule has 2 aromatic rings. The van der Waals surface area contributed by atoms with Gasteiger partial charge in [-0.15, -0.1) is 0 Å². The second-order valence-corrected chi connectivity index (χ2v) is 6.01. The van der Waals surface area contributed by atoms with Crippen molar-refractivity contribution in [1.29, 1.82) is 0 Å². The van der Waals surface area contributed by atoms with Gasteiger partial charge in [0, 0.05) is 0 Å². The molecule has 0 heterocycles. The van der Waals surface area contributed by atoms with E-state index < -0.39 is 0 Å². The number of hydrogen-bond donors (Lipinski definition) is 2. The highest BCUT2D eigenvalue weighted by Crippen LogP contribution is 2.09. The molecule has 0 saturated carbocycles. The van der Waals surface area contributed by atoms with E-state index in [9.17, 15) is 0 Å². The topological polar surface area (TPSA) is 65.2 Å². The maximum atomic E-state index is 8.74. The Hall–Kier alpha value is -2.62. The number of oxime groups is 2. The van der Waals surface area contributed by atoms with Gasteiger partial charge in [-0.3, -0.25) is 0 Å². The smallest absolute Gasteiger partial charge is 0.0893 e. The molecule has 0 aromatic heterocycles. The lowest BCUT2D eigenvalue weighted by atomic mass is 10.0. The monoisotopic (exact) mass is 326 g/mol. The van der Waals surface area contributed by atoms with Gasteiger partial charge in [-0.05, 0) is 23.0 Å². The van der Waals surface area contributed by atoms with Crippen molar-refractivity contribution < 1.29 is 10.4 Å². The summed E-state index contributed by atoms with van der Waals surface area (Å²) in [6.07, 6.45) is 0. The maximum Gasteiger partial charge on any atom is 0.0893 e. The molecule has 24 heavy (non-hydrogen) atoms. The van der Waals surface area contributed by atoms with E-state index in [1.807, 2.05) is 88.4 Å². The quantitative estimate of drug-likeness (QED) is 0.469. The first-order chi connectivity index (χ1) is 11.5. The molecule has 0 atom stereocenters. The normalized spacial score (nSPS) is 12.1. The average molecular weight is 326 g/mol. The van der Waals surface area contributed by atoms with Crippen molar-refractivity contribution in [2.45, 2.75) is 27.7 Å². The molecule has 0 fully saturated rings. The summed E-state index contributed by atoms with van der Waals surface area (Å²) in [7, 11) is 0. The zero-order chi connectivity index (χ0) is 17.9. The molecular weight excluding hydrogens is 300 g/mol. The minimum absolute atomic E-state index is 0.248. The second-order valence-electron chi connectivity index (χ2n) is 6.01. The van der Waals surface area contributed by atoms with Gasteiger partial charge < -0.3 is 10.4 Å². The predicted molar refractivity (Wildman–Crippen MR) is 99.2 cm³/mol. The van der Waals surface area contributed by atoms with Gasteiger partial charge >= 0.3 is 0 Å². The zero-order valence-electron chi connectivity index (χ0n) is 14.7. The number of benzene rings is 2. The molecule has 0 aliphatic carbocycles. The number of hydrogen-bond acceptors (Lipinski definition) is 4. The zero-order valence-corrected chi connectivity index (χ0v) is 14.7. The minimum Gasteiger partial charge on any atom is -0.411 e. The van der Waals surface area contributed by atoms with Gasteiger partial charge in [0.05, 0.1) is 11.4 Å². The Balaban J connectivity index is 0.000000240. The fourth-order valence-electron chi connectivity index (χ4n) is 2.23. The Kier molecular flexibility index (Phi) is 8.26. The molecule has 0 aliphatic rings. The summed E-state index contributed by atoms with van der Waals surface area (Å²) in [5.74, 6) is 0.495. The lowest BCUT2D eigenvalue weighted by molar-refractivity contribution is 0.316. The summed E-state index contributed by atoms with van der Waals surface area (Å²) in [6, 6.07) is 19.4. The van der Waals surface area contributed by atoms with Gasteiger partial charge in [0.1, 0.15) is 0 Å². The van der Waals surface area contributed by atoms with Crippen LogP contribution >= 0.6 is 0 Å². The third-order valence-electron chi connectivity index (χ3n) is 3.45. The van der Waals surface area contributed by atoms with Crippen LogP contribution in [0.15, 0.2) is 71.0 Å². The van der Waals surface area contributed by atoms with Gasteiger partial charge in [0.2, 0.25) is 0 Å². The van der Waals surface area contributed by atoms with Crippen molar-refractivity contribution in [1.82, 2.24) is 0 Å². The fraction of sp³-hybridized carbons (Fsp3) is 0.300. The van der Waals surface area contributed by atoms with E-state index in [-0.39, 0.29) is 11.8 Å². The second kappa shape index (κ2) is 10.2. The molecule has 2 rings (SSSR count). The first kappa shape index (κ1) is 19.4. The van der Waals surface area contributed by atoms with Crippen molar-refractivity contribution in [3.05, 3.63) is 71.8 Å². The fourth-order valence-corrected chi connectivity index (χ4v) is 2.23. The van der Waals surface area contributed by atoms with Crippen LogP contribution in [0.4, 0.5) is 0 Å². The minimum atomic E-state index is 0.248. The standard InChI is InChI=1S/2C10H13NO/c2*1-8(2)10(11-12)9-6-4-3-5-7-9/h2*3-8,12H,1-2H3/b2*11-10-. The Labute approximate surface area is 144 Å². The van der Waals surface area contributed by atoms with Crippen LogP contribution < -0.4 is 0 Å². The van der Waals surface area contributed by atoms with Crippen LogP contribution in [-0.2, 0) is 0 Å². The average Bonchev–Trinajstić information content (AvgIpc) is 2.58. The Morgan fingerprint density at radius 2 is 0.917 bits per heavy atom. The summed E-state index contributed by atoms with van der Waals surface area (Å²) in [6.45, 7) is 8.01.